The lowest BCUT2D eigenvalue weighted by molar-refractivity contribution is -0.112. The third-order valence-corrected chi connectivity index (χ3v) is 3.19. The van der Waals surface area contributed by atoms with Crippen LogP contribution in [-0.2, 0) is 4.79 Å². The van der Waals surface area contributed by atoms with Crippen LogP contribution < -0.4 is 10.1 Å². The standard InChI is InChI=1S/C17H12ClFN2O2/c1-23-16-7-2-13(18)9-11(16)8-12(10-20)17(22)21-15-5-3-14(19)4-6-15/h2-9H,1H3,(H,21,22)/b12-8+. The Balaban J connectivity index is 2.28. The third kappa shape index (κ3) is 4.31. The molecule has 4 nitrogen and oxygen atoms in total. The summed E-state index contributed by atoms with van der Waals surface area (Å²) in [5.74, 6) is -0.541. The Morgan fingerprint density at radius 3 is 2.61 bits per heavy atom. The number of benzene rings is 2. The first-order valence-corrected chi connectivity index (χ1v) is 6.93. The molecule has 0 radical (unpaired) electrons. The van der Waals surface area contributed by atoms with Gasteiger partial charge in [-0.3, -0.25) is 4.79 Å². The van der Waals surface area contributed by atoms with Crippen LogP contribution in [0, 0.1) is 17.1 Å². The van der Waals surface area contributed by atoms with Gasteiger partial charge in [0.25, 0.3) is 5.91 Å². The van der Waals surface area contributed by atoms with Crippen molar-refractivity contribution in [1.82, 2.24) is 0 Å². The van der Waals surface area contributed by atoms with Crippen LogP contribution in [0.4, 0.5) is 10.1 Å². The number of anilines is 1. The summed E-state index contributed by atoms with van der Waals surface area (Å²) in [6, 6.07) is 11.9. The zero-order valence-electron chi connectivity index (χ0n) is 12.1. The average molecular weight is 331 g/mol. The van der Waals surface area contributed by atoms with E-state index in [1.807, 2.05) is 6.07 Å². The van der Waals surface area contributed by atoms with E-state index in [0.29, 0.717) is 22.0 Å². The van der Waals surface area contributed by atoms with Crippen molar-refractivity contribution in [1.29, 1.82) is 5.26 Å². The van der Waals surface area contributed by atoms with Gasteiger partial charge >= 0.3 is 0 Å². The average Bonchev–Trinajstić information content (AvgIpc) is 2.54. The molecule has 0 aliphatic carbocycles. The first kappa shape index (κ1) is 16.5. The molecule has 0 unspecified atom stereocenters. The van der Waals surface area contributed by atoms with E-state index < -0.39 is 11.7 Å². The Bertz CT molecular complexity index is 795. The van der Waals surface area contributed by atoms with Crippen LogP contribution in [0.5, 0.6) is 5.75 Å². The molecule has 0 heterocycles. The maximum atomic E-state index is 12.9. The fourth-order valence-electron chi connectivity index (χ4n) is 1.85. The van der Waals surface area contributed by atoms with Crippen molar-refractivity contribution < 1.29 is 13.9 Å². The number of hydrogen-bond donors (Lipinski definition) is 1. The molecule has 23 heavy (non-hydrogen) atoms. The van der Waals surface area contributed by atoms with Gasteiger partial charge in [-0.15, -0.1) is 0 Å². The largest absolute Gasteiger partial charge is 0.496 e. The Kier molecular flexibility index (Phi) is 5.34. The number of nitrogens with one attached hydrogen (secondary N) is 1. The van der Waals surface area contributed by atoms with Gasteiger partial charge in [0.15, 0.2) is 0 Å². The highest BCUT2D eigenvalue weighted by Gasteiger charge is 2.11. The van der Waals surface area contributed by atoms with Gasteiger partial charge in [-0.25, -0.2) is 4.39 Å². The van der Waals surface area contributed by atoms with Gasteiger partial charge in [0.2, 0.25) is 0 Å². The summed E-state index contributed by atoms with van der Waals surface area (Å²) in [5.41, 5.74) is 0.760. The number of ether oxygens (including phenoxy) is 1. The van der Waals surface area contributed by atoms with Gasteiger partial charge in [-0.2, -0.15) is 5.26 Å². The highest BCUT2D eigenvalue weighted by Crippen LogP contribution is 2.25. The van der Waals surface area contributed by atoms with E-state index in [0.717, 1.165) is 0 Å². The topological polar surface area (TPSA) is 62.1 Å². The van der Waals surface area contributed by atoms with Crippen molar-refractivity contribution >= 4 is 29.3 Å². The summed E-state index contributed by atoms with van der Waals surface area (Å²) < 4.78 is 18.0. The maximum Gasteiger partial charge on any atom is 0.266 e. The van der Waals surface area contributed by atoms with Crippen LogP contribution in [-0.4, -0.2) is 13.0 Å². The van der Waals surface area contributed by atoms with Crippen LogP contribution >= 0.6 is 11.6 Å². The summed E-state index contributed by atoms with van der Waals surface area (Å²) in [4.78, 5) is 12.1. The van der Waals surface area contributed by atoms with E-state index in [1.165, 1.54) is 37.5 Å². The minimum atomic E-state index is -0.610. The second-order valence-electron chi connectivity index (χ2n) is 4.52. The van der Waals surface area contributed by atoms with Gasteiger partial charge in [0.05, 0.1) is 7.11 Å². The summed E-state index contributed by atoms with van der Waals surface area (Å²) in [6.07, 6.45) is 1.38. The minimum absolute atomic E-state index is 0.130. The molecule has 0 saturated carbocycles. The van der Waals surface area contributed by atoms with Crippen molar-refractivity contribution in [2.24, 2.45) is 0 Å². The quantitative estimate of drug-likeness (QED) is 0.680. The number of nitrogens with zero attached hydrogens (tertiary/aromatic N) is 1. The smallest absolute Gasteiger partial charge is 0.266 e. The molecule has 1 amide bonds. The molecule has 2 aromatic rings. The molecule has 0 aromatic heterocycles. The summed E-state index contributed by atoms with van der Waals surface area (Å²) in [7, 11) is 1.48. The summed E-state index contributed by atoms with van der Waals surface area (Å²) in [6.45, 7) is 0. The van der Waals surface area contributed by atoms with Crippen molar-refractivity contribution in [3.05, 3.63) is 64.4 Å². The Morgan fingerprint density at radius 2 is 2.00 bits per heavy atom. The molecule has 6 heteroatoms. The van der Waals surface area contributed by atoms with E-state index in [1.54, 1.807) is 18.2 Å². The van der Waals surface area contributed by atoms with Gasteiger partial charge in [-0.05, 0) is 48.5 Å². The lowest BCUT2D eigenvalue weighted by Gasteiger charge is -2.07. The third-order valence-electron chi connectivity index (χ3n) is 2.96. The van der Waals surface area contributed by atoms with Crippen LogP contribution in [0.25, 0.3) is 6.08 Å². The number of halogens is 2. The highest BCUT2D eigenvalue weighted by molar-refractivity contribution is 6.30. The van der Waals surface area contributed by atoms with Gasteiger partial charge < -0.3 is 10.1 Å². The van der Waals surface area contributed by atoms with Crippen LogP contribution in [0.2, 0.25) is 5.02 Å². The molecule has 1 N–H and O–H groups in total. The molecule has 2 aromatic carbocycles. The normalized spacial score (nSPS) is 10.8. The van der Waals surface area contributed by atoms with Crippen LogP contribution in [0.1, 0.15) is 5.56 Å². The number of hydrogen-bond acceptors (Lipinski definition) is 3. The first-order valence-electron chi connectivity index (χ1n) is 6.55. The van der Waals surface area contributed by atoms with Gasteiger partial charge in [0, 0.05) is 16.3 Å². The van der Waals surface area contributed by atoms with E-state index in [2.05, 4.69) is 5.32 Å². The van der Waals surface area contributed by atoms with Crippen molar-refractivity contribution in [3.8, 4) is 11.8 Å². The highest BCUT2D eigenvalue weighted by atomic mass is 35.5. The minimum Gasteiger partial charge on any atom is -0.496 e. The fourth-order valence-corrected chi connectivity index (χ4v) is 2.03. The molecule has 116 valence electrons. The number of carbonyl (C=O) groups is 1. The number of rotatable bonds is 4. The van der Waals surface area contributed by atoms with Crippen molar-refractivity contribution in [2.45, 2.75) is 0 Å². The van der Waals surface area contributed by atoms with E-state index in [4.69, 9.17) is 16.3 Å². The predicted octanol–water partition coefficient (Wildman–Crippen LogP) is 4.03. The van der Waals surface area contributed by atoms with Gasteiger partial charge in [0.1, 0.15) is 23.2 Å². The molecule has 0 fully saturated rings. The predicted molar refractivity (Wildman–Crippen MR) is 86.6 cm³/mol. The molecular formula is C17H12ClFN2O2. The fraction of sp³-hybridized carbons (Fsp3) is 0.0588. The Labute approximate surface area is 137 Å². The first-order chi connectivity index (χ1) is 11.0. The zero-order chi connectivity index (χ0) is 16.8. The second kappa shape index (κ2) is 7.43. The Morgan fingerprint density at radius 1 is 1.30 bits per heavy atom. The molecular weight excluding hydrogens is 319 g/mol. The molecule has 0 saturated heterocycles. The molecule has 0 aliphatic rings. The zero-order valence-corrected chi connectivity index (χ0v) is 12.9. The molecule has 0 spiro atoms. The van der Waals surface area contributed by atoms with Crippen LogP contribution in [0.15, 0.2) is 48.0 Å². The van der Waals surface area contributed by atoms with E-state index >= 15 is 0 Å². The van der Waals surface area contributed by atoms with E-state index in [9.17, 15) is 14.4 Å². The molecule has 0 aliphatic heterocycles. The lowest BCUT2D eigenvalue weighted by Crippen LogP contribution is -2.13. The van der Waals surface area contributed by atoms with E-state index in [-0.39, 0.29) is 5.57 Å². The molecule has 0 bridgehead atoms. The van der Waals surface area contributed by atoms with Crippen molar-refractivity contribution in [2.75, 3.05) is 12.4 Å². The number of carbonyl (C=O) groups excluding carboxylic acids is 1. The Hall–Kier alpha value is -2.84. The maximum absolute atomic E-state index is 12.9. The number of methoxy groups -OCH3 is 1. The monoisotopic (exact) mass is 330 g/mol. The summed E-state index contributed by atoms with van der Waals surface area (Å²) in [5, 5.41) is 12.2. The van der Waals surface area contributed by atoms with Crippen LogP contribution in [0.3, 0.4) is 0 Å². The number of amides is 1. The number of nitriles is 1. The second-order valence-corrected chi connectivity index (χ2v) is 4.95. The lowest BCUT2D eigenvalue weighted by atomic mass is 10.1. The SMILES string of the molecule is COc1ccc(Cl)cc1/C=C(\C#N)C(=O)Nc1ccc(F)cc1. The summed E-state index contributed by atoms with van der Waals surface area (Å²) >= 11 is 5.92. The molecule has 2 rings (SSSR count). The molecule has 0 atom stereocenters. The van der Waals surface area contributed by atoms with Crippen molar-refractivity contribution in [3.63, 3.8) is 0 Å². The van der Waals surface area contributed by atoms with Gasteiger partial charge in [-0.1, -0.05) is 11.6 Å².